The van der Waals surface area contributed by atoms with Crippen molar-refractivity contribution in [2.75, 3.05) is 23.0 Å². The van der Waals surface area contributed by atoms with E-state index < -0.39 is 0 Å². The molecule has 0 aromatic heterocycles. The van der Waals surface area contributed by atoms with Crippen LogP contribution >= 0.6 is 0 Å². The molecule has 0 bridgehead atoms. The molecule has 0 heterocycles. The van der Waals surface area contributed by atoms with Crippen molar-refractivity contribution in [1.82, 2.24) is 0 Å². The van der Waals surface area contributed by atoms with Crippen LogP contribution in [0.2, 0.25) is 0 Å². The van der Waals surface area contributed by atoms with Crippen molar-refractivity contribution < 1.29 is 0 Å². The monoisotopic (exact) mass is 412 g/mol. The van der Waals surface area contributed by atoms with Crippen LogP contribution in [0.4, 0.5) is 17.1 Å². The SMILES string of the molecule is CN=C(/N=C(\N=C\Nc1cccc(C)c1)Nc1cccc(C)c1)Nc1cccc(C)c1. The molecule has 0 aliphatic heterocycles. The summed E-state index contributed by atoms with van der Waals surface area (Å²) in [6, 6.07) is 24.2. The molecule has 0 fully saturated rings. The molecule has 0 amide bonds. The quantitative estimate of drug-likeness (QED) is 0.385. The molecule has 3 N–H and O–H groups in total. The summed E-state index contributed by atoms with van der Waals surface area (Å²) in [5.41, 5.74) is 6.25. The van der Waals surface area contributed by atoms with Crippen LogP contribution in [0, 0.1) is 20.8 Å². The lowest BCUT2D eigenvalue weighted by Crippen LogP contribution is -2.18. The zero-order valence-corrected chi connectivity index (χ0v) is 18.3. The fourth-order valence-electron chi connectivity index (χ4n) is 2.93. The first-order chi connectivity index (χ1) is 15.0. The van der Waals surface area contributed by atoms with Gasteiger partial charge >= 0.3 is 0 Å². The lowest BCUT2D eigenvalue weighted by Gasteiger charge is -2.10. The third-order valence-electron chi connectivity index (χ3n) is 4.41. The maximum Gasteiger partial charge on any atom is 0.231 e. The molecular formula is C25H28N6. The maximum absolute atomic E-state index is 4.60. The van der Waals surface area contributed by atoms with Gasteiger partial charge in [0.15, 0.2) is 0 Å². The van der Waals surface area contributed by atoms with Gasteiger partial charge < -0.3 is 16.0 Å². The Morgan fingerprint density at radius 1 is 0.677 bits per heavy atom. The highest BCUT2D eigenvalue weighted by Gasteiger charge is 2.04. The van der Waals surface area contributed by atoms with E-state index >= 15 is 0 Å². The van der Waals surface area contributed by atoms with Gasteiger partial charge in [0.1, 0.15) is 0 Å². The molecule has 3 aromatic rings. The average molecular weight is 413 g/mol. The van der Waals surface area contributed by atoms with Crippen LogP contribution in [0.3, 0.4) is 0 Å². The van der Waals surface area contributed by atoms with Crippen LogP contribution in [-0.4, -0.2) is 25.3 Å². The number of nitrogens with one attached hydrogen (secondary N) is 3. The second-order valence-corrected chi connectivity index (χ2v) is 7.24. The van der Waals surface area contributed by atoms with Gasteiger partial charge in [0.05, 0.1) is 6.34 Å². The highest BCUT2D eigenvalue weighted by molar-refractivity contribution is 6.08. The van der Waals surface area contributed by atoms with Crippen LogP contribution in [0.5, 0.6) is 0 Å². The molecule has 0 saturated heterocycles. The van der Waals surface area contributed by atoms with E-state index in [-0.39, 0.29) is 0 Å². The zero-order valence-electron chi connectivity index (χ0n) is 18.3. The summed E-state index contributed by atoms with van der Waals surface area (Å²) in [6.07, 6.45) is 1.62. The summed E-state index contributed by atoms with van der Waals surface area (Å²) < 4.78 is 0. The molecule has 0 unspecified atom stereocenters. The minimum absolute atomic E-state index is 0.409. The fraction of sp³-hybridized carbons (Fsp3) is 0.160. The Bertz CT molecular complexity index is 1110. The van der Waals surface area contributed by atoms with E-state index in [1.54, 1.807) is 13.4 Å². The molecule has 0 aliphatic carbocycles. The number of nitrogens with zero attached hydrogens (tertiary/aromatic N) is 3. The smallest absolute Gasteiger partial charge is 0.231 e. The van der Waals surface area contributed by atoms with Gasteiger partial charge in [-0.2, -0.15) is 4.99 Å². The van der Waals surface area contributed by atoms with E-state index in [9.17, 15) is 0 Å². The van der Waals surface area contributed by atoms with Crippen molar-refractivity contribution >= 4 is 35.3 Å². The topological polar surface area (TPSA) is 73.2 Å². The van der Waals surface area contributed by atoms with Crippen LogP contribution in [0.1, 0.15) is 16.7 Å². The van der Waals surface area contributed by atoms with Gasteiger partial charge in [0.25, 0.3) is 0 Å². The van der Waals surface area contributed by atoms with Gasteiger partial charge in [-0.3, -0.25) is 4.99 Å². The molecule has 0 saturated carbocycles. The Morgan fingerprint density at radius 2 is 1.16 bits per heavy atom. The molecule has 0 radical (unpaired) electrons. The van der Waals surface area contributed by atoms with Crippen molar-refractivity contribution in [3.63, 3.8) is 0 Å². The Labute approximate surface area is 183 Å². The first-order valence-electron chi connectivity index (χ1n) is 10.1. The summed E-state index contributed by atoms with van der Waals surface area (Å²) in [6.45, 7) is 6.14. The van der Waals surface area contributed by atoms with Gasteiger partial charge in [-0.05, 0) is 73.9 Å². The number of anilines is 3. The Hall–Kier alpha value is -3.93. The lowest BCUT2D eigenvalue weighted by atomic mass is 10.2. The van der Waals surface area contributed by atoms with Crippen LogP contribution in [-0.2, 0) is 0 Å². The van der Waals surface area contributed by atoms with Crippen LogP contribution in [0.25, 0.3) is 0 Å². The minimum Gasteiger partial charge on any atom is -0.346 e. The molecule has 6 nitrogen and oxygen atoms in total. The standard InChI is InChI=1S/C25H28N6/c1-18-8-5-11-21(14-18)27-17-28-25(30-23-13-7-10-20(3)16-23)31-24(26-4)29-22-12-6-9-19(2)15-22/h5-17H,1-4H3,(H3,26,27,28,29,30,31). The highest BCUT2D eigenvalue weighted by atomic mass is 15.2. The second kappa shape index (κ2) is 10.7. The molecule has 3 aromatic carbocycles. The summed E-state index contributed by atoms with van der Waals surface area (Å²) in [7, 11) is 1.70. The molecule has 0 spiro atoms. The zero-order chi connectivity index (χ0) is 22.1. The van der Waals surface area contributed by atoms with Crippen LogP contribution < -0.4 is 16.0 Å². The average Bonchev–Trinajstić information content (AvgIpc) is 2.73. The number of benzene rings is 3. The van der Waals surface area contributed by atoms with Crippen molar-refractivity contribution in [2.45, 2.75) is 20.8 Å². The van der Waals surface area contributed by atoms with Gasteiger partial charge in [0.2, 0.25) is 11.9 Å². The van der Waals surface area contributed by atoms with E-state index in [1.807, 2.05) is 74.5 Å². The lowest BCUT2D eigenvalue weighted by molar-refractivity contribution is 1.35. The Balaban J connectivity index is 1.83. The van der Waals surface area contributed by atoms with Gasteiger partial charge in [-0.1, -0.05) is 36.4 Å². The van der Waals surface area contributed by atoms with Crippen molar-refractivity contribution in [1.29, 1.82) is 0 Å². The third-order valence-corrected chi connectivity index (χ3v) is 4.41. The first kappa shape index (κ1) is 21.8. The second-order valence-electron chi connectivity index (χ2n) is 7.24. The normalized spacial score (nSPS) is 12.1. The molecular weight excluding hydrogens is 384 g/mol. The Morgan fingerprint density at radius 3 is 1.68 bits per heavy atom. The predicted octanol–water partition coefficient (Wildman–Crippen LogP) is 5.62. The predicted molar refractivity (Wildman–Crippen MR) is 134 cm³/mol. The van der Waals surface area contributed by atoms with Gasteiger partial charge in [-0.15, -0.1) is 0 Å². The molecule has 3 rings (SSSR count). The molecule has 0 aliphatic rings. The number of rotatable bonds is 4. The van der Waals surface area contributed by atoms with Gasteiger partial charge in [-0.25, -0.2) is 4.99 Å². The maximum atomic E-state index is 4.60. The van der Waals surface area contributed by atoms with Crippen molar-refractivity contribution in [2.24, 2.45) is 15.0 Å². The molecule has 158 valence electrons. The van der Waals surface area contributed by atoms with Crippen molar-refractivity contribution in [3.8, 4) is 0 Å². The minimum atomic E-state index is 0.409. The molecule has 31 heavy (non-hydrogen) atoms. The van der Waals surface area contributed by atoms with E-state index in [2.05, 4.69) is 50.0 Å². The summed E-state index contributed by atoms with van der Waals surface area (Å²) in [4.78, 5) is 13.4. The van der Waals surface area contributed by atoms with E-state index in [1.165, 1.54) is 5.56 Å². The number of aryl methyl sites for hydroxylation is 3. The Kier molecular flexibility index (Phi) is 7.54. The van der Waals surface area contributed by atoms with Gasteiger partial charge in [0, 0.05) is 24.1 Å². The van der Waals surface area contributed by atoms with Crippen LogP contribution in [0.15, 0.2) is 87.8 Å². The fourth-order valence-corrected chi connectivity index (χ4v) is 2.93. The third kappa shape index (κ3) is 7.12. The highest BCUT2D eigenvalue weighted by Crippen LogP contribution is 2.12. The molecule has 0 atom stereocenters. The summed E-state index contributed by atoms with van der Waals surface area (Å²) in [5.74, 6) is 0.861. The molecule has 6 heteroatoms. The van der Waals surface area contributed by atoms with E-state index in [0.29, 0.717) is 11.9 Å². The first-order valence-corrected chi connectivity index (χ1v) is 10.1. The number of aliphatic imine (C=N–C) groups is 3. The largest absolute Gasteiger partial charge is 0.346 e. The van der Waals surface area contributed by atoms with Crippen molar-refractivity contribution in [3.05, 3.63) is 89.5 Å². The summed E-state index contributed by atoms with van der Waals surface area (Å²) >= 11 is 0. The van der Waals surface area contributed by atoms with E-state index in [0.717, 1.165) is 28.2 Å². The van der Waals surface area contributed by atoms with E-state index in [4.69, 9.17) is 0 Å². The number of hydrogen-bond acceptors (Lipinski definition) is 1. The summed E-state index contributed by atoms with van der Waals surface area (Å²) in [5, 5.41) is 9.70. The number of hydrogen-bond donors (Lipinski definition) is 3. The number of guanidine groups is 2.